The normalized spacial score (nSPS) is 10.0. The third-order valence-electron chi connectivity index (χ3n) is 1.51. The summed E-state index contributed by atoms with van der Waals surface area (Å²) in [7, 11) is 0. The summed E-state index contributed by atoms with van der Waals surface area (Å²) in [4.78, 5) is 13.1. The SMILES string of the molecule is CCCc1ccc(C(C)=O)s1. The molecule has 60 valence electrons. The Balaban J connectivity index is 2.73. The van der Waals surface area contributed by atoms with Crippen LogP contribution in [-0.4, -0.2) is 5.78 Å². The zero-order valence-electron chi connectivity index (χ0n) is 6.89. The highest BCUT2D eigenvalue weighted by molar-refractivity contribution is 7.14. The molecule has 1 rings (SSSR count). The fourth-order valence-corrected chi connectivity index (χ4v) is 1.95. The second-order valence-corrected chi connectivity index (χ2v) is 3.74. The van der Waals surface area contributed by atoms with Crippen LogP contribution in [-0.2, 0) is 6.42 Å². The van der Waals surface area contributed by atoms with Gasteiger partial charge >= 0.3 is 0 Å². The minimum atomic E-state index is 0.178. The summed E-state index contributed by atoms with van der Waals surface area (Å²) in [6.45, 7) is 3.76. The van der Waals surface area contributed by atoms with E-state index >= 15 is 0 Å². The molecule has 1 aromatic heterocycles. The van der Waals surface area contributed by atoms with E-state index in [0.29, 0.717) is 0 Å². The van der Waals surface area contributed by atoms with Gasteiger partial charge in [0.1, 0.15) is 0 Å². The van der Waals surface area contributed by atoms with Gasteiger partial charge in [0, 0.05) is 4.88 Å². The van der Waals surface area contributed by atoms with Crippen LogP contribution in [0.4, 0.5) is 0 Å². The Bertz CT molecular complexity index is 250. The predicted molar refractivity (Wildman–Crippen MR) is 48.3 cm³/mol. The molecule has 1 heterocycles. The molecule has 0 fully saturated rings. The Hall–Kier alpha value is -0.630. The maximum Gasteiger partial charge on any atom is 0.169 e. The summed E-state index contributed by atoms with van der Waals surface area (Å²) in [5.74, 6) is 0.178. The molecule has 0 aliphatic carbocycles. The molecular weight excluding hydrogens is 156 g/mol. The van der Waals surface area contributed by atoms with E-state index in [1.54, 1.807) is 18.3 Å². The zero-order chi connectivity index (χ0) is 8.27. The summed E-state index contributed by atoms with van der Waals surface area (Å²) in [5.41, 5.74) is 0. The average Bonchev–Trinajstić information content (AvgIpc) is 2.37. The lowest BCUT2D eigenvalue weighted by molar-refractivity contribution is 0.102. The molecule has 0 aromatic carbocycles. The van der Waals surface area contributed by atoms with Gasteiger partial charge in [-0.15, -0.1) is 11.3 Å². The third-order valence-corrected chi connectivity index (χ3v) is 2.75. The van der Waals surface area contributed by atoms with Gasteiger partial charge in [0.05, 0.1) is 4.88 Å². The molecule has 0 aliphatic heterocycles. The van der Waals surface area contributed by atoms with Crippen molar-refractivity contribution in [1.82, 2.24) is 0 Å². The summed E-state index contributed by atoms with van der Waals surface area (Å²) < 4.78 is 0. The second-order valence-electron chi connectivity index (χ2n) is 2.57. The molecule has 0 radical (unpaired) electrons. The van der Waals surface area contributed by atoms with Gasteiger partial charge in [-0.2, -0.15) is 0 Å². The monoisotopic (exact) mass is 168 g/mol. The Morgan fingerprint density at radius 2 is 2.27 bits per heavy atom. The largest absolute Gasteiger partial charge is 0.294 e. The molecule has 2 heteroatoms. The standard InChI is InChI=1S/C9H12OS/c1-3-4-8-5-6-9(11-8)7(2)10/h5-6H,3-4H2,1-2H3. The number of ketones is 1. The number of rotatable bonds is 3. The highest BCUT2D eigenvalue weighted by Gasteiger charge is 2.02. The number of carbonyl (C=O) groups excluding carboxylic acids is 1. The molecule has 1 nitrogen and oxygen atoms in total. The van der Waals surface area contributed by atoms with Crippen molar-refractivity contribution in [3.8, 4) is 0 Å². The number of Topliss-reactive ketones (excluding diaryl/α,β-unsaturated/α-hetero) is 1. The van der Waals surface area contributed by atoms with Crippen LogP contribution >= 0.6 is 11.3 Å². The van der Waals surface area contributed by atoms with Gasteiger partial charge in [-0.05, 0) is 25.5 Å². The van der Waals surface area contributed by atoms with Gasteiger partial charge in [-0.1, -0.05) is 13.3 Å². The van der Waals surface area contributed by atoms with Crippen LogP contribution in [0.15, 0.2) is 12.1 Å². The lowest BCUT2D eigenvalue weighted by atomic mass is 10.3. The Labute approximate surface area is 71.1 Å². The van der Waals surface area contributed by atoms with Crippen molar-refractivity contribution >= 4 is 17.1 Å². The molecule has 0 saturated heterocycles. The van der Waals surface area contributed by atoms with Crippen molar-refractivity contribution in [1.29, 1.82) is 0 Å². The van der Waals surface area contributed by atoms with Gasteiger partial charge in [0.2, 0.25) is 0 Å². The third kappa shape index (κ3) is 2.15. The highest BCUT2D eigenvalue weighted by Crippen LogP contribution is 2.17. The molecule has 11 heavy (non-hydrogen) atoms. The Morgan fingerprint density at radius 1 is 1.55 bits per heavy atom. The fraction of sp³-hybridized carbons (Fsp3) is 0.444. The quantitative estimate of drug-likeness (QED) is 0.634. The van der Waals surface area contributed by atoms with Crippen LogP contribution in [0.2, 0.25) is 0 Å². The molecule has 0 spiro atoms. The first kappa shape index (κ1) is 8.47. The smallest absolute Gasteiger partial charge is 0.169 e. The summed E-state index contributed by atoms with van der Waals surface area (Å²) >= 11 is 1.62. The lowest BCUT2D eigenvalue weighted by Gasteiger charge is -1.88. The van der Waals surface area contributed by atoms with Gasteiger partial charge in [-0.25, -0.2) is 0 Å². The molecule has 1 aromatic rings. The number of hydrogen-bond donors (Lipinski definition) is 0. The van der Waals surface area contributed by atoms with Crippen molar-refractivity contribution in [2.45, 2.75) is 26.7 Å². The van der Waals surface area contributed by atoms with Gasteiger partial charge in [0.25, 0.3) is 0 Å². The van der Waals surface area contributed by atoms with Crippen LogP contribution in [0.1, 0.15) is 34.8 Å². The number of hydrogen-bond acceptors (Lipinski definition) is 2. The van der Waals surface area contributed by atoms with Crippen LogP contribution < -0.4 is 0 Å². The first-order valence-corrected chi connectivity index (χ1v) is 4.65. The van der Waals surface area contributed by atoms with Crippen molar-refractivity contribution < 1.29 is 4.79 Å². The van der Waals surface area contributed by atoms with Crippen molar-refractivity contribution in [2.75, 3.05) is 0 Å². The Morgan fingerprint density at radius 3 is 2.73 bits per heavy atom. The van der Waals surface area contributed by atoms with E-state index < -0.39 is 0 Å². The summed E-state index contributed by atoms with van der Waals surface area (Å²) in [6, 6.07) is 3.96. The zero-order valence-corrected chi connectivity index (χ0v) is 7.70. The van der Waals surface area contributed by atoms with Crippen LogP contribution in [0.25, 0.3) is 0 Å². The second kappa shape index (κ2) is 3.67. The first-order valence-electron chi connectivity index (χ1n) is 3.83. The van der Waals surface area contributed by atoms with E-state index in [2.05, 4.69) is 6.92 Å². The van der Waals surface area contributed by atoms with Crippen LogP contribution in [0.3, 0.4) is 0 Å². The van der Waals surface area contributed by atoms with E-state index in [4.69, 9.17) is 0 Å². The fourth-order valence-electron chi connectivity index (χ4n) is 0.948. The molecule has 0 amide bonds. The minimum Gasteiger partial charge on any atom is -0.294 e. The van der Waals surface area contributed by atoms with Crippen LogP contribution in [0.5, 0.6) is 0 Å². The van der Waals surface area contributed by atoms with Crippen molar-refractivity contribution in [3.05, 3.63) is 21.9 Å². The topological polar surface area (TPSA) is 17.1 Å². The van der Waals surface area contributed by atoms with E-state index in [1.165, 1.54) is 4.88 Å². The van der Waals surface area contributed by atoms with E-state index in [9.17, 15) is 4.79 Å². The van der Waals surface area contributed by atoms with Gasteiger partial charge < -0.3 is 0 Å². The average molecular weight is 168 g/mol. The number of carbonyl (C=O) groups is 1. The van der Waals surface area contributed by atoms with E-state index in [0.717, 1.165) is 17.7 Å². The molecular formula is C9H12OS. The lowest BCUT2D eigenvalue weighted by Crippen LogP contribution is -1.83. The van der Waals surface area contributed by atoms with Crippen molar-refractivity contribution in [3.63, 3.8) is 0 Å². The molecule has 0 aliphatic rings. The maximum absolute atomic E-state index is 10.9. The molecule has 0 saturated carbocycles. The summed E-state index contributed by atoms with van der Waals surface area (Å²) in [5, 5.41) is 0. The Kier molecular flexibility index (Phi) is 2.83. The van der Waals surface area contributed by atoms with Gasteiger partial charge in [0.15, 0.2) is 5.78 Å². The molecule has 0 bridgehead atoms. The van der Waals surface area contributed by atoms with Crippen molar-refractivity contribution in [2.24, 2.45) is 0 Å². The number of aryl methyl sites for hydroxylation is 1. The molecule has 0 atom stereocenters. The number of thiophene rings is 1. The summed E-state index contributed by atoms with van der Waals surface area (Å²) in [6.07, 6.45) is 2.25. The van der Waals surface area contributed by atoms with Gasteiger partial charge in [-0.3, -0.25) is 4.79 Å². The molecule has 0 unspecified atom stereocenters. The predicted octanol–water partition coefficient (Wildman–Crippen LogP) is 2.90. The molecule has 0 N–H and O–H groups in total. The maximum atomic E-state index is 10.9. The minimum absolute atomic E-state index is 0.178. The van der Waals surface area contributed by atoms with E-state index in [-0.39, 0.29) is 5.78 Å². The first-order chi connectivity index (χ1) is 5.24. The van der Waals surface area contributed by atoms with E-state index in [1.807, 2.05) is 12.1 Å². The van der Waals surface area contributed by atoms with Crippen LogP contribution in [0, 0.1) is 0 Å². The highest BCUT2D eigenvalue weighted by atomic mass is 32.1.